The fourth-order valence-corrected chi connectivity index (χ4v) is 1.52. The number of halogens is 1. The Balaban J connectivity index is 2.23. The number of hydrogen-bond donors (Lipinski definition) is 3. The summed E-state index contributed by atoms with van der Waals surface area (Å²) >= 11 is 3.29. The quantitative estimate of drug-likeness (QED) is 0.426. The summed E-state index contributed by atoms with van der Waals surface area (Å²) in [6.45, 7) is 0. The third-order valence-corrected chi connectivity index (χ3v) is 2.62. The van der Waals surface area contributed by atoms with Crippen LogP contribution >= 0.6 is 15.9 Å². The van der Waals surface area contributed by atoms with Gasteiger partial charge < -0.3 is 5.73 Å². The molecule has 0 aliphatic rings. The first-order chi connectivity index (χ1) is 8.08. The standard InChI is InChI=1S/C10H10BrN5O/c11-7-1-3-9(4-2-7)16(17)10(13)15-6-8(12)5-14-15/h1-6,13,17H,12H2. The van der Waals surface area contributed by atoms with Gasteiger partial charge >= 0.3 is 0 Å². The molecular formula is C10H10BrN5O. The topological polar surface area (TPSA) is 91.2 Å². The average molecular weight is 296 g/mol. The summed E-state index contributed by atoms with van der Waals surface area (Å²) in [7, 11) is 0. The minimum atomic E-state index is -0.205. The smallest absolute Gasteiger partial charge is 0.248 e. The minimum absolute atomic E-state index is 0.205. The van der Waals surface area contributed by atoms with Gasteiger partial charge in [-0.05, 0) is 24.3 Å². The predicted molar refractivity (Wildman–Crippen MR) is 68.2 cm³/mol. The number of nitrogens with zero attached hydrogens (tertiary/aromatic N) is 3. The van der Waals surface area contributed by atoms with Gasteiger partial charge in [0.05, 0.1) is 23.8 Å². The van der Waals surface area contributed by atoms with Crippen molar-refractivity contribution in [3.63, 3.8) is 0 Å². The lowest BCUT2D eigenvalue weighted by Crippen LogP contribution is -2.32. The van der Waals surface area contributed by atoms with E-state index in [4.69, 9.17) is 11.1 Å². The van der Waals surface area contributed by atoms with Crippen LogP contribution in [0, 0.1) is 5.41 Å². The highest BCUT2D eigenvalue weighted by Crippen LogP contribution is 2.17. The Morgan fingerprint density at radius 1 is 1.41 bits per heavy atom. The summed E-state index contributed by atoms with van der Waals surface area (Å²) in [5, 5.41) is 22.1. The maximum absolute atomic E-state index is 9.83. The fraction of sp³-hybridized carbons (Fsp3) is 0. The summed E-state index contributed by atoms with van der Waals surface area (Å²) in [5.74, 6) is -0.205. The van der Waals surface area contributed by atoms with Crippen molar-refractivity contribution < 1.29 is 5.21 Å². The Hall–Kier alpha value is -1.86. The third-order valence-electron chi connectivity index (χ3n) is 2.09. The monoisotopic (exact) mass is 295 g/mol. The highest BCUT2D eigenvalue weighted by Gasteiger charge is 2.12. The van der Waals surface area contributed by atoms with Crippen molar-refractivity contribution in [2.45, 2.75) is 0 Å². The number of rotatable bonds is 1. The van der Waals surface area contributed by atoms with Crippen molar-refractivity contribution in [2.75, 3.05) is 10.8 Å². The second-order valence-electron chi connectivity index (χ2n) is 3.33. The molecule has 2 aromatic rings. The molecule has 88 valence electrons. The summed E-state index contributed by atoms with van der Waals surface area (Å²) in [6.07, 6.45) is 2.86. The van der Waals surface area contributed by atoms with Crippen LogP contribution in [0.1, 0.15) is 0 Å². The summed E-state index contributed by atoms with van der Waals surface area (Å²) in [4.78, 5) is 0. The summed E-state index contributed by atoms with van der Waals surface area (Å²) < 4.78 is 2.07. The van der Waals surface area contributed by atoms with Gasteiger partial charge in [-0.15, -0.1) is 0 Å². The molecule has 0 saturated carbocycles. The lowest BCUT2D eigenvalue weighted by molar-refractivity contribution is 0.306. The Morgan fingerprint density at radius 2 is 2.06 bits per heavy atom. The molecule has 7 heteroatoms. The van der Waals surface area contributed by atoms with Crippen LogP contribution < -0.4 is 10.8 Å². The second kappa shape index (κ2) is 4.56. The maximum Gasteiger partial charge on any atom is 0.248 e. The summed E-state index contributed by atoms with van der Waals surface area (Å²) in [6, 6.07) is 6.88. The molecule has 0 bridgehead atoms. The van der Waals surface area contributed by atoms with Gasteiger partial charge in [0.25, 0.3) is 0 Å². The first-order valence-electron chi connectivity index (χ1n) is 4.71. The van der Waals surface area contributed by atoms with E-state index in [1.54, 1.807) is 24.3 Å². The maximum atomic E-state index is 9.83. The molecule has 6 nitrogen and oxygen atoms in total. The molecule has 0 fully saturated rings. The number of anilines is 2. The van der Waals surface area contributed by atoms with Crippen molar-refractivity contribution in [3.8, 4) is 0 Å². The van der Waals surface area contributed by atoms with Crippen LogP contribution in [0.4, 0.5) is 11.4 Å². The zero-order chi connectivity index (χ0) is 12.4. The largest absolute Gasteiger partial charge is 0.396 e. The van der Waals surface area contributed by atoms with Crippen LogP contribution in [0.5, 0.6) is 0 Å². The molecule has 1 aromatic heterocycles. The van der Waals surface area contributed by atoms with Gasteiger partial charge in [-0.1, -0.05) is 15.9 Å². The van der Waals surface area contributed by atoms with Crippen LogP contribution in [-0.2, 0) is 0 Å². The third kappa shape index (κ3) is 2.45. The van der Waals surface area contributed by atoms with Crippen LogP contribution in [-0.4, -0.2) is 20.9 Å². The Labute approximate surface area is 106 Å². The molecule has 0 saturated heterocycles. The molecule has 0 atom stereocenters. The average Bonchev–Trinajstić information content (AvgIpc) is 2.75. The van der Waals surface area contributed by atoms with Crippen molar-refractivity contribution >= 4 is 33.3 Å². The highest BCUT2D eigenvalue weighted by atomic mass is 79.9. The van der Waals surface area contributed by atoms with E-state index >= 15 is 0 Å². The van der Waals surface area contributed by atoms with Gasteiger partial charge in [-0.3, -0.25) is 10.6 Å². The lowest BCUT2D eigenvalue weighted by Gasteiger charge is -2.16. The zero-order valence-corrected chi connectivity index (χ0v) is 10.3. The van der Waals surface area contributed by atoms with E-state index in [0.29, 0.717) is 11.4 Å². The van der Waals surface area contributed by atoms with Crippen molar-refractivity contribution in [3.05, 3.63) is 41.1 Å². The zero-order valence-electron chi connectivity index (χ0n) is 8.71. The Morgan fingerprint density at radius 3 is 2.59 bits per heavy atom. The fourth-order valence-electron chi connectivity index (χ4n) is 1.25. The van der Waals surface area contributed by atoms with E-state index in [1.807, 2.05) is 0 Å². The molecule has 0 amide bonds. The van der Waals surface area contributed by atoms with Gasteiger partial charge in [-0.2, -0.15) is 10.2 Å². The molecule has 1 heterocycles. The SMILES string of the molecule is N=C(N(O)c1ccc(Br)cc1)n1cc(N)cn1. The van der Waals surface area contributed by atoms with E-state index in [0.717, 1.165) is 9.54 Å². The number of aromatic nitrogens is 2. The van der Waals surface area contributed by atoms with Gasteiger partial charge in [0.1, 0.15) is 0 Å². The molecule has 0 radical (unpaired) electrons. The molecule has 4 N–H and O–H groups in total. The van der Waals surface area contributed by atoms with E-state index in [1.165, 1.54) is 17.1 Å². The number of hydrogen-bond acceptors (Lipinski definition) is 4. The second-order valence-corrected chi connectivity index (χ2v) is 4.25. The van der Waals surface area contributed by atoms with Crippen LogP contribution in [0.2, 0.25) is 0 Å². The van der Waals surface area contributed by atoms with E-state index in [-0.39, 0.29) is 5.96 Å². The normalized spacial score (nSPS) is 10.2. The van der Waals surface area contributed by atoms with Crippen molar-refractivity contribution in [2.24, 2.45) is 0 Å². The molecule has 2 rings (SSSR count). The molecule has 17 heavy (non-hydrogen) atoms. The summed E-state index contributed by atoms with van der Waals surface area (Å²) in [5.41, 5.74) is 6.38. The molecule has 0 aliphatic heterocycles. The molecule has 0 aliphatic carbocycles. The predicted octanol–water partition coefficient (Wildman–Crippen LogP) is 1.91. The Kier molecular flexibility index (Phi) is 3.12. The van der Waals surface area contributed by atoms with E-state index in [9.17, 15) is 5.21 Å². The lowest BCUT2D eigenvalue weighted by atomic mass is 10.3. The first kappa shape index (κ1) is 11.6. The molecule has 1 aromatic carbocycles. The number of hydroxylamine groups is 1. The van der Waals surface area contributed by atoms with E-state index in [2.05, 4.69) is 21.0 Å². The molecule has 0 spiro atoms. The van der Waals surface area contributed by atoms with Crippen LogP contribution in [0.25, 0.3) is 0 Å². The number of nitrogens with one attached hydrogen (secondary N) is 1. The van der Waals surface area contributed by atoms with Crippen molar-refractivity contribution in [1.29, 1.82) is 5.41 Å². The minimum Gasteiger partial charge on any atom is -0.396 e. The van der Waals surface area contributed by atoms with Crippen LogP contribution in [0.3, 0.4) is 0 Å². The van der Waals surface area contributed by atoms with Crippen LogP contribution in [0.15, 0.2) is 41.1 Å². The Bertz CT molecular complexity index is 536. The number of benzene rings is 1. The van der Waals surface area contributed by atoms with Gasteiger partial charge in [-0.25, -0.2) is 4.68 Å². The van der Waals surface area contributed by atoms with E-state index < -0.39 is 0 Å². The first-order valence-corrected chi connectivity index (χ1v) is 5.51. The highest BCUT2D eigenvalue weighted by molar-refractivity contribution is 9.10. The van der Waals surface area contributed by atoms with Gasteiger partial charge in [0, 0.05) is 4.47 Å². The van der Waals surface area contributed by atoms with Crippen molar-refractivity contribution in [1.82, 2.24) is 9.78 Å². The van der Waals surface area contributed by atoms with Gasteiger partial charge in [0.2, 0.25) is 5.96 Å². The number of nitrogens with two attached hydrogens (primary N) is 1. The molecular weight excluding hydrogens is 286 g/mol. The number of nitrogen functional groups attached to an aromatic ring is 1. The molecule has 0 unspecified atom stereocenters. The van der Waals surface area contributed by atoms with Gasteiger partial charge in [0.15, 0.2) is 0 Å².